The minimum absolute atomic E-state index is 0.0368. The van der Waals surface area contributed by atoms with Crippen molar-refractivity contribution in [1.29, 1.82) is 5.26 Å². The molecule has 28 heavy (non-hydrogen) atoms. The van der Waals surface area contributed by atoms with Gasteiger partial charge in [-0.15, -0.1) is 0 Å². The van der Waals surface area contributed by atoms with Crippen molar-refractivity contribution in [2.24, 2.45) is 0 Å². The largest absolute Gasteiger partial charge is 0.344 e. The van der Waals surface area contributed by atoms with Gasteiger partial charge in [0.2, 0.25) is 5.91 Å². The van der Waals surface area contributed by atoms with E-state index >= 15 is 0 Å². The van der Waals surface area contributed by atoms with Gasteiger partial charge in [-0.05, 0) is 36.4 Å². The fourth-order valence-electron chi connectivity index (χ4n) is 3.47. The Balaban J connectivity index is 1.70. The zero-order valence-corrected chi connectivity index (χ0v) is 16.1. The second-order valence-electron chi connectivity index (χ2n) is 6.48. The van der Waals surface area contributed by atoms with Crippen LogP contribution in [0.3, 0.4) is 0 Å². The lowest BCUT2D eigenvalue weighted by Crippen LogP contribution is -2.47. The summed E-state index contributed by atoms with van der Waals surface area (Å²) in [6.45, 7) is 0.246. The molecule has 2 aromatic carbocycles. The smallest absolute Gasteiger partial charge is 0.229 e. The quantitative estimate of drug-likeness (QED) is 0.701. The second kappa shape index (κ2) is 7.46. The number of nitrogens with zero attached hydrogens (tertiary/aromatic N) is 3. The first-order chi connectivity index (χ1) is 13.5. The lowest BCUT2D eigenvalue weighted by molar-refractivity contribution is -0.129. The molecule has 0 aliphatic carbocycles. The van der Waals surface area contributed by atoms with E-state index in [1.165, 1.54) is 40.9 Å². The van der Waals surface area contributed by atoms with E-state index in [-0.39, 0.29) is 35.4 Å². The maximum atomic E-state index is 14.4. The van der Waals surface area contributed by atoms with Crippen LogP contribution in [0.5, 0.6) is 0 Å². The first-order valence-electron chi connectivity index (χ1n) is 8.51. The number of thioether (sulfide) groups is 1. The van der Waals surface area contributed by atoms with Gasteiger partial charge in [0.05, 0.1) is 29.2 Å². The lowest BCUT2D eigenvalue weighted by atomic mass is 9.86. The molecule has 1 atom stereocenters. The minimum atomic E-state index is -0.706. The van der Waals surface area contributed by atoms with E-state index in [1.54, 1.807) is 18.2 Å². The summed E-state index contributed by atoms with van der Waals surface area (Å²) in [6, 6.07) is 12.5. The van der Waals surface area contributed by atoms with E-state index in [4.69, 9.17) is 11.6 Å². The molecule has 2 aliphatic rings. The highest BCUT2D eigenvalue weighted by atomic mass is 35.5. The second-order valence-corrected chi connectivity index (χ2v) is 7.82. The summed E-state index contributed by atoms with van der Waals surface area (Å²) in [5.74, 6) is -1.30. The third-order valence-electron chi connectivity index (χ3n) is 4.83. The summed E-state index contributed by atoms with van der Waals surface area (Å²) in [4.78, 5) is 16.3. The standard InChI is InChI=1S/C20H14ClF2N3OS/c21-16-2-1-3-17(23)19(16)14-8-18(27)26-10-25(11-28-20(26)15(14)9-24)13-6-4-12(22)5-7-13/h1-7,14H,8,10-11H2/t14-/m1/s1. The van der Waals surface area contributed by atoms with Crippen molar-refractivity contribution in [2.45, 2.75) is 12.3 Å². The van der Waals surface area contributed by atoms with E-state index in [9.17, 15) is 18.8 Å². The summed E-state index contributed by atoms with van der Waals surface area (Å²) in [5.41, 5.74) is 1.30. The third kappa shape index (κ3) is 3.23. The van der Waals surface area contributed by atoms with Crippen LogP contribution in [0.15, 0.2) is 53.1 Å². The van der Waals surface area contributed by atoms with Crippen LogP contribution in [0, 0.1) is 23.0 Å². The predicted molar refractivity (Wildman–Crippen MR) is 104 cm³/mol. The molecule has 1 amide bonds. The number of carbonyl (C=O) groups excluding carboxylic acids is 1. The monoisotopic (exact) mass is 417 g/mol. The molecular weight excluding hydrogens is 404 g/mol. The average Bonchev–Trinajstić information content (AvgIpc) is 2.68. The number of nitriles is 1. The number of anilines is 1. The first kappa shape index (κ1) is 18.8. The third-order valence-corrected chi connectivity index (χ3v) is 6.32. The number of rotatable bonds is 2. The Bertz CT molecular complexity index is 999. The molecule has 4 nitrogen and oxygen atoms in total. The zero-order valence-electron chi connectivity index (χ0n) is 14.5. The Hall–Kier alpha value is -2.56. The van der Waals surface area contributed by atoms with Crippen molar-refractivity contribution in [3.63, 3.8) is 0 Å². The van der Waals surface area contributed by atoms with Crippen LogP contribution in [0.2, 0.25) is 5.02 Å². The Labute approximate surface area is 170 Å². The van der Waals surface area contributed by atoms with E-state index in [2.05, 4.69) is 6.07 Å². The number of benzene rings is 2. The van der Waals surface area contributed by atoms with Crippen molar-refractivity contribution in [3.8, 4) is 6.07 Å². The number of allylic oxidation sites excluding steroid dienone is 1. The number of hydrogen-bond donors (Lipinski definition) is 0. The molecule has 0 unspecified atom stereocenters. The minimum Gasteiger partial charge on any atom is -0.344 e. The van der Waals surface area contributed by atoms with Crippen LogP contribution >= 0.6 is 23.4 Å². The van der Waals surface area contributed by atoms with Gasteiger partial charge >= 0.3 is 0 Å². The number of fused-ring (bicyclic) bond motifs is 1. The summed E-state index contributed by atoms with van der Waals surface area (Å²) in [7, 11) is 0. The van der Waals surface area contributed by atoms with Crippen LogP contribution in [0.4, 0.5) is 14.5 Å². The van der Waals surface area contributed by atoms with E-state index < -0.39 is 11.7 Å². The van der Waals surface area contributed by atoms with Gasteiger partial charge in [0.15, 0.2) is 0 Å². The van der Waals surface area contributed by atoms with E-state index in [0.29, 0.717) is 16.5 Å². The molecule has 1 saturated heterocycles. The van der Waals surface area contributed by atoms with Gasteiger partial charge in [-0.25, -0.2) is 8.78 Å². The molecule has 0 bridgehead atoms. The number of carbonyl (C=O) groups is 1. The number of amides is 1. The van der Waals surface area contributed by atoms with Gasteiger partial charge in [0.25, 0.3) is 0 Å². The van der Waals surface area contributed by atoms with Gasteiger partial charge in [-0.1, -0.05) is 29.4 Å². The van der Waals surface area contributed by atoms with Crippen molar-refractivity contribution < 1.29 is 13.6 Å². The van der Waals surface area contributed by atoms with Crippen LogP contribution in [-0.2, 0) is 4.79 Å². The molecule has 8 heteroatoms. The number of halogens is 3. The van der Waals surface area contributed by atoms with Gasteiger partial charge in [0, 0.05) is 28.6 Å². The van der Waals surface area contributed by atoms with Gasteiger partial charge in [0.1, 0.15) is 11.6 Å². The molecule has 0 spiro atoms. The highest BCUT2D eigenvalue weighted by Gasteiger charge is 2.39. The fraction of sp³-hybridized carbons (Fsp3) is 0.200. The Morgan fingerprint density at radius 3 is 2.61 bits per heavy atom. The average molecular weight is 418 g/mol. The summed E-state index contributed by atoms with van der Waals surface area (Å²) in [5, 5.41) is 10.5. The normalized spacial score (nSPS) is 19.5. The van der Waals surface area contributed by atoms with Crippen LogP contribution in [-0.4, -0.2) is 23.4 Å². The highest BCUT2D eigenvalue weighted by molar-refractivity contribution is 8.03. The molecule has 0 N–H and O–H groups in total. The van der Waals surface area contributed by atoms with Crippen molar-refractivity contribution >= 4 is 35.0 Å². The van der Waals surface area contributed by atoms with Crippen LogP contribution in [0.1, 0.15) is 17.9 Å². The highest BCUT2D eigenvalue weighted by Crippen LogP contribution is 2.45. The van der Waals surface area contributed by atoms with Crippen molar-refractivity contribution in [1.82, 2.24) is 4.90 Å². The molecule has 142 valence electrons. The molecule has 0 aromatic heterocycles. The first-order valence-corrected chi connectivity index (χ1v) is 9.88. The molecule has 2 aromatic rings. The molecule has 0 radical (unpaired) electrons. The van der Waals surface area contributed by atoms with Gasteiger partial charge < -0.3 is 4.90 Å². The number of hydrogen-bond acceptors (Lipinski definition) is 4. The van der Waals surface area contributed by atoms with Gasteiger partial charge in [-0.3, -0.25) is 9.69 Å². The van der Waals surface area contributed by atoms with Crippen molar-refractivity contribution in [2.75, 3.05) is 17.4 Å². The Kier molecular flexibility index (Phi) is 5.00. The molecule has 0 saturated carbocycles. The van der Waals surface area contributed by atoms with Crippen LogP contribution in [0.25, 0.3) is 0 Å². The summed E-state index contributed by atoms with van der Waals surface area (Å²) >= 11 is 7.51. The Morgan fingerprint density at radius 2 is 1.93 bits per heavy atom. The van der Waals surface area contributed by atoms with E-state index in [0.717, 1.165) is 5.69 Å². The van der Waals surface area contributed by atoms with Crippen molar-refractivity contribution in [3.05, 3.63) is 75.3 Å². The topological polar surface area (TPSA) is 47.3 Å². The van der Waals surface area contributed by atoms with Crippen LogP contribution < -0.4 is 4.90 Å². The zero-order chi connectivity index (χ0) is 19.8. The SMILES string of the molecule is N#CC1=C2SCN(c3ccc(F)cc3)CN2C(=O)C[C@H]1c1c(F)cccc1Cl. The lowest BCUT2D eigenvalue weighted by Gasteiger charge is -2.42. The summed E-state index contributed by atoms with van der Waals surface area (Å²) < 4.78 is 27.6. The predicted octanol–water partition coefficient (Wildman–Crippen LogP) is 4.84. The molecule has 1 fully saturated rings. The maximum Gasteiger partial charge on any atom is 0.229 e. The van der Waals surface area contributed by atoms with Gasteiger partial charge in [-0.2, -0.15) is 5.26 Å². The summed E-state index contributed by atoms with van der Waals surface area (Å²) in [6.07, 6.45) is -0.0368. The Morgan fingerprint density at radius 1 is 1.18 bits per heavy atom. The molecule has 4 rings (SSSR count). The molecule has 2 aliphatic heterocycles. The molecule has 2 heterocycles. The fourth-order valence-corrected chi connectivity index (χ4v) is 4.93. The maximum absolute atomic E-state index is 14.4. The van der Waals surface area contributed by atoms with E-state index in [1.807, 2.05) is 4.90 Å². The molecular formula is C20H14ClF2N3OS.